The second kappa shape index (κ2) is 8.24. The summed E-state index contributed by atoms with van der Waals surface area (Å²) in [5.74, 6) is 1.56. The minimum absolute atomic E-state index is 0.134. The third-order valence-corrected chi connectivity index (χ3v) is 6.61. The second-order valence-electron chi connectivity index (χ2n) is 8.61. The van der Waals surface area contributed by atoms with E-state index in [1.165, 1.54) is 6.42 Å². The third kappa shape index (κ3) is 3.86. The molecule has 3 heterocycles. The number of ether oxygens (including phenoxy) is 2. The number of aryl methyl sites for hydroxylation is 1. The predicted molar refractivity (Wildman–Crippen MR) is 113 cm³/mol. The van der Waals surface area contributed by atoms with Crippen LogP contribution in [0.4, 0.5) is 0 Å². The fourth-order valence-corrected chi connectivity index (χ4v) is 4.89. The zero-order valence-corrected chi connectivity index (χ0v) is 17.9. The molecule has 1 N–H and O–H groups in total. The number of carbonyl (C=O) groups excluding carboxylic acids is 2. The van der Waals surface area contributed by atoms with Gasteiger partial charge in [-0.05, 0) is 30.5 Å². The van der Waals surface area contributed by atoms with Crippen LogP contribution in [0.3, 0.4) is 0 Å². The van der Waals surface area contributed by atoms with Crippen LogP contribution in [0.2, 0.25) is 0 Å². The van der Waals surface area contributed by atoms with E-state index in [1.54, 1.807) is 4.68 Å². The highest BCUT2D eigenvalue weighted by atomic mass is 16.7. The molecular weight excluding hydrogens is 396 g/mol. The van der Waals surface area contributed by atoms with Gasteiger partial charge in [0.15, 0.2) is 17.2 Å². The Labute approximate surface area is 181 Å². The number of nitrogens with zero attached hydrogens (tertiary/aromatic N) is 3. The van der Waals surface area contributed by atoms with E-state index < -0.39 is 0 Å². The van der Waals surface area contributed by atoms with Gasteiger partial charge in [-0.2, -0.15) is 5.10 Å². The van der Waals surface area contributed by atoms with Crippen LogP contribution in [0.5, 0.6) is 11.5 Å². The highest BCUT2D eigenvalue weighted by Crippen LogP contribution is 2.32. The summed E-state index contributed by atoms with van der Waals surface area (Å²) in [6, 6.07) is 5.63. The third-order valence-electron chi connectivity index (χ3n) is 6.61. The fraction of sp³-hybridized carbons (Fsp3) is 0.522. The van der Waals surface area contributed by atoms with Crippen molar-refractivity contribution in [2.45, 2.75) is 51.6 Å². The number of fused-ring (bicyclic) bond motifs is 2. The normalized spacial score (nSPS) is 18.0. The van der Waals surface area contributed by atoms with Gasteiger partial charge in [0.2, 0.25) is 12.7 Å². The smallest absolute Gasteiger partial charge is 0.272 e. The molecule has 0 atom stereocenters. The molecule has 5 rings (SSSR count). The van der Waals surface area contributed by atoms with Gasteiger partial charge in [-0.3, -0.25) is 14.3 Å². The average molecular weight is 425 g/mol. The Kier molecular flexibility index (Phi) is 5.29. The van der Waals surface area contributed by atoms with Gasteiger partial charge in [0.05, 0.1) is 0 Å². The Morgan fingerprint density at radius 2 is 1.97 bits per heavy atom. The highest BCUT2D eigenvalue weighted by Gasteiger charge is 2.32. The predicted octanol–water partition coefficient (Wildman–Crippen LogP) is 2.54. The van der Waals surface area contributed by atoms with Gasteiger partial charge in [-0.25, -0.2) is 0 Å². The summed E-state index contributed by atoms with van der Waals surface area (Å²) in [7, 11) is 1.87. The van der Waals surface area contributed by atoms with Crippen molar-refractivity contribution in [1.82, 2.24) is 20.0 Å². The van der Waals surface area contributed by atoms with Crippen LogP contribution in [0.1, 0.15) is 59.4 Å². The maximum atomic E-state index is 13.0. The van der Waals surface area contributed by atoms with Gasteiger partial charge in [0.1, 0.15) is 0 Å². The Balaban J connectivity index is 1.28. The lowest BCUT2D eigenvalue weighted by Gasteiger charge is -2.32. The summed E-state index contributed by atoms with van der Waals surface area (Å²) in [6.07, 6.45) is 6.19. The molecule has 2 amide bonds. The van der Waals surface area contributed by atoms with Crippen molar-refractivity contribution in [2.24, 2.45) is 13.0 Å². The molecule has 2 aliphatic heterocycles. The molecule has 1 saturated carbocycles. The standard InChI is InChI=1S/C23H28N4O4/c1-26-18-9-10-27(23(29)16-5-3-2-4-6-16)13-17(18)21(25-26)22(28)24-12-15-7-8-19-20(11-15)31-14-30-19/h7-8,11,16H,2-6,9-10,12-14H2,1H3,(H,24,28). The Morgan fingerprint density at radius 3 is 2.81 bits per heavy atom. The number of hydrogen-bond acceptors (Lipinski definition) is 5. The number of carbonyl (C=O) groups is 2. The van der Waals surface area contributed by atoms with E-state index in [9.17, 15) is 9.59 Å². The molecule has 0 unspecified atom stereocenters. The summed E-state index contributed by atoms with van der Waals surface area (Å²) < 4.78 is 12.5. The molecule has 2 aromatic rings. The quantitative estimate of drug-likeness (QED) is 0.815. The zero-order valence-electron chi connectivity index (χ0n) is 17.9. The van der Waals surface area contributed by atoms with E-state index in [1.807, 2.05) is 30.1 Å². The minimum Gasteiger partial charge on any atom is -0.454 e. The monoisotopic (exact) mass is 424 g/mol. The van der Waals surface area contributed by atoms with Gasteiger partial charge in [-0.15, -0.1) is 0 Å². The largest absolute Gasteiger partial charge is 0.454 e. The molecule has 1 fully saturated rings. The van der Waals surface area contributed by atoms with E-state index >= 15 is 0 Å². The van der Waals surface area contributed by atoms with Crippen LogP contribution in [0.25, 0.3) is 0 Å². The highest BCUT2D eigenvalue weighted by molar-refractivity contribution is 5.94. The maximum Gasteiger partial charge on any atom is 0.272 e. The molecule has 8 heteroatoms. The van der Waals surface area contributed by atoms with Crippen LogP contribution in [-0.2, 0) is 31.4 Å². The first-order chi connectivity index (χ1) is 15.1. The van der Waals surface area contributed by atoms with Gasteiger partial charge in [0, 0.05) is 50.3 Å². The van der Waals surface area contributed by atoms with Crippen molar-refractivity contribution in [3.8, 4) is 11.5 Å². The molecule has 1 aliphatic carbocycles. The molecule has 1 aromatic carbocycles. The lowest BCUT2D eigenvalue weighted by molar-refractivity contribution is -0.137. The molecule has 0 saturated heterocycles. The number of benzene rings is 1. The van der Waals surface area contributed by atoms with Crippen molar-refractivity contribution >= 4 is 11.8 Å². The van der Waals surface area contributed by atoms with Gasteiger partial charge in [-0.1, -0.05) is 25.3 Å². The van der Waals surface area contributed by atoms with E-state index in [2.05, 4.69) is 10.4 Å². The minimum atomic E-state index is -0.221. The van der Waals surface area contributed by atoms with Crippen LogP contribution >= 0.6 is 0 Å². The van der Waals surface area contributed by atoms with Crippen molar-refractivity contribution in [3.63, 3.8) is 0 Å². The van der Waals surface area contributed by atoms with Crippen LogP contribution in [0.15, 0.2) is 18.2 Å². The Bertz CT molecular complexity index is 1010. The topological polar surface area (TPSA) is 85.7 Å². The summed E-state index contributed by atoms with van der Waals surface area (Å²) in [6.45, 7) is 1.75. The van der Waals surface area contributed by atoms with E-state index in [-0.39, 0.29) is 24.5 Å². The van der Waals surface area contributed by atoms with E-state index in [0.29, 0.717) is 31.1 Å². The van der Waals surface area contributed by atoms with E-state index in [0.717, 1.165) is 54.7 Å². The Hall–Kier alpha value is -3.03. The number of hydrogen-bond donors (Lipinski definition) is 1. The first kappa shape index (κ1) is 19.9. The molecular formula is C23H28N4O4. The summed E-state index contributed by atoms with van der Waals surface area (Å²) in [5.41, 5.74) is 3.26. The van der Waals surface area contributed by atoms with Crippen LogP contribution < -0.4 is 14.8 Å². The SMILES string of the molecule is Cn1nc(C(=O)NCc2ccc3c(c2)OCO3)c2c1CCN(C(=O)C1CCCCC1)C2. The first-order valence-electron chi connectivity index (χ1n) is 11.1. The van der Waals surface area contributed by atoms with Gasteiger partial charge >= 0.3 is 0 Å². The fourth-order valence-electron chi connectivity index (χ4n) is 4.89. The zero-order chi connectivity index (χ0) is 21.4. The van der Waals surface area contributed by atoms with Crippen molar-refractivity contribution in [3.05, 3.63) is 40.7 Å². The average Bonchev–Trinajstić information content (AvgIpc) is 3.41. The molecule has 0 spiro atoms. The number of nitrogens with one attached hydrogen (secondary N) is 1. The number of rotatable bonds is 4. The number of amides is 2. The van der Waals surface area contributed by atoms with Crippen molar-refractivity contribution < 1.29 is 19.1 Å². The molecule has 31 heavy (non-hydrogen) atoms. The second-order valence-corrected chi connectivity index (χ2v) is 8.61. The molecule has 1 aromatic heterocycles. The van der Waals surface area contributed by atoms with Crippen LogP contribution in [0, 0.1) is 5.92 Å². The molecule has 0 bridgehead atoms. The van der Waals surface area contributed by atoms with E-state index in [4.69, 9.17) is 9.47 Å². The summed E-state index contributed by atoms with van der Waals surface area (Å²) in [4.78, 5) is 27.9. The molecule has 164 valence electrons. The lowest BCUT2D eigenvalue weighted by atomic mass is 9.87. The summed E-state index contributed by atoms with van der Waals surface area (Å²) in [5, 5.41) is 7.45. The van der Waals surface area contributed by atoms with Gasteiger partial charge in [0.25, 0.3) is 5.91 Å². The first-order valence-corrected chi connectivity index (χ1v) is 11.1. The van der Waals surface area contributed by atoms with Crippen LogP contribution in [-0.4, -0.2) is 39.8 Å². The van der Waals surface area contributed by atoms with Crippen molar-refractivity contribution in [2.75, 3.05) is 13.3 Å². The molecule has 8 nitrogen and oxygen atoms in total. The molecule has 0 radical (unpaired) electrons. The van der Waals surface area contributed by atoms with Crippen molar-refractivity contribution in [1.29, 1.82) is 0 Å². The van der Waals surface area contributed by atoms with Gasteiger partial charge < -0.3 is 19.7 Å². The Morgan fingerprint density at radius 1 is 1.16 bits per heavy atom. The lowest BCUT2D eigenvalue weighted by Crippen LogP contribution is -2.41. The molecule has 3 aliphatic rings. The summed E-state index contributed by atoms with van der Waals surface area (Å²) >= 11 is 0. The number of aromatic nitrogens is 2. The maximum absolute atomic E-state index is 13.0.